The molecule has 3 heteroatoms. The molecule has 17 heavy (non-hydrogen) atoms. The van der Waals surface area contributed by atoms with E-state index in [9.17, 15) is 5.11 Å². The zero-order chi connectivity index (χ0) is 11.8. The fourth-order valence-corrected chi connectivity index (χ4v) is 2.86. The number of nitrogens with one attached hydrogen (secondary N) is 1. The second-order valence-corrected chi connectivity index (χ2v) is 5.32. The van der Waals surface area contributed by atoms with Crippen molar-refractivity contribution in [3.63, 3.8) is 0 Å². The summed E-state index contributed by atoms with van der Waals surface area (Å²) in [5, 5.41) is 12.8. The summed E-state index contributed by atoms with van der Waals surface area (Å²) < 4.78 is 0. The Kier molecular flexibility index (Phi) is 2.81. The average Bonchev–Trinajstić information content (AvgIpc) is 2.74. The SMILES string of the molecule is CN(Cc1cccc2c1NCC2)C1CC(O)C1. The van der Waals surface area contributed by atoms with Crippen molar-refractivity contribution in [1.29, 1.82) is 0 Å². The third-order valence-corrected chi connectivity index (χ3v) is 4.06. The number of hydrogen-bond acceptors (Lipinski definition) is 3. The van der Waals surface area contributed by atoms with Crippen LogP contribution in [0.25, 0.3) is 0 Å². The van der Waals surface area contributed by atoms with Gasteiger partial charge in [-0.05, 0) is 37.4 Å². The predicted octanol–water partition coefficient (Wildman–Crippen LogP) is 1.61. The van der Waals surface area contributed by atoms with Crippen molar-refractivity contribution in [3.05, 3.63) is 29.3 Å². The second kappa shape index (κ2) is 4.31. The van der Waals surface area contributed by atoms with E-state index in [1.165, 1.54) is 16.8 Å². The minimum atomic E-state index is -0.0675. The Morgan fingerprint density at radius 2 is 2.24 bits per heavy atom. The van der Waals surface area contributed by atoms with Crippen molar-refractivity contribution in [3.8, 4) is 0 Å². The molecule has 2 N–H and O–H groups in total. The zero-order valence-electron chi connectivity index (χ0n) is 10.3. The van der Waals surface area contributed by atoms with E-state index < -0.39 is 0 Å². The molecule has 0 radical (unpaired) electrons. The first-order valence-corrected chi connectivity index (χ1v) is 6.47. The molecule has 1 aliphatic carbocycles. The van der Waals surface area contributed by atoms with Crippen LogP contribution in [0.2, 0.25) is 0 Å². The molecule has 1 aromatic carbocycles. The lowest BCUT2D eigenvalue weighted by molar-refractivity contribution is 0.00933. The molecule has 0 atom stereocenters. The highest BCUT2D eigenvalue weighted by atomic mass is 16.3. The van der Waals surface area contributed by atoms with Gasteiger partial charge in [-0.2, -0.15) is 0 Å². The Balaban J connectivity index is 1.71. The molecule has 0 bridgehead atoms. The summed E-state index contributed by atoms with van der Waals surface area (Å²) >= 11 is 0. The van der Waals surface area contributed by atoms with Gasteiger partial charge in [0.15, 0.2) is 0 Å². The van der Waals surface area contributed by atoms with Crippen molar-refractivity contribution >= 4 is 5.69 Å². The van der Waals surface area contributed by atoms with E-state index >= 15 is 0 Å². The fraction of sp³-hybridized carbons (Fsp3) is 0.571. The van der Waals surface area contributed by atoms with E-state index in [4.69, 9.17) is 0 Å². The van der Waals surface area contributed by atoms with Crippen LogP contribution in [-0.2, 0) is 13.0 Å². The van der Waals surface area contributed by atoms with Gasteiger partial charge in [0.25, 0.3) is 0 Å². The van der Waals surface area contributed by atoms with E-state index in [1.54, 1.807) is 0 Å². The van der Waals surface area contributed by atoms with Gasteiger partial charge in [0.05, 0.1) is 6.10 Å². The van der Waals surface area contributed by atoms with Crippen molar-refractivity contribution in [2.75, 3.05) is 18.9 Å². The number of rotatable bonds is 3. The molecular formula is C14H20N2O. The highest BCUT2D eigenvalue weighted by molar-refractivity contribution is 5.61. The lowest BCUT2D eigenvalue weighted by atomic mass is 9.88. The molecule has 2 aliphatic rings. The van der Waals surface area contributed by atoms with Gasteiger partial charge in [-0.15, -0.1) is 0 Å². The second-order valence-electron chi connectivity index (χ2n) is 5.32. The molecule has 0 aromatic heterocycles. The van der Waals surface area contributed by atoms with Crippen LogP contribution in [0, 0.1) is 0 Å². The van der Waals surface area contributed by atoms with E-state index in [2.05, 4.69) is 35.5 Å². The first-order chi connectivity index (χ1) is 8.24. The maximum atomic E-state index is 9.35. The Labute approximate surface area is 102 Å². The van der Waals surface area contributed by atoms with Crippen LogP contribution < -0.4 is 5.32 Å². The summed E-state index contributed by atoms with van der Waals surface area (Å²) in [4.78, 5) is 2.36. The standard InChI is InChI=1S/C14H20N2O/c1-16(12-7-13(17)8-12)9-11-4-2-3-10-5-6-15-14(10)11/h2-4,12-13,15,17H,5-9H2,1H3. The quantitative estimate of drug-likeness (QED) is 0.831. The van der Waals surface area contributed by atoms with E-state index in [1.807, 2.05) is 0 Å². The van der Waals surface area contributed by atoms with Crippen molar-refractivity contribution in [2.24, 2.45) is 0 Å². The summed E-state index contributed by atoms with van der Waals surface area (Å²) in [6.07, 6.45) is 2.94. The van der Waals surface area contributed by atoms with Crippen molar-refractivity contribution in [1.82, 2.24) is 4.90 Å². The molecule has 3 rings (SSSR count). The number of benzene rings is 1. The normalized spacial score (nSPS) is 26.5. The first kappa shape index (κ1) is 11.1. The molecule has 92 valence electrons. The smallest absolute Gasteiger partial charge is 0.0570 e. The minimum Gasteiger partial charge on any atom is -0.393 e. The molecule has 1 saturated carbocycles. The van der Waals surface area contributed by atoms with E-state index in [0.717, 1.165) is 32.4 Å². The van der Waals surface area contributed by atoms with Gasteiger partial charge in [0, 0.05) is 24.8 Å². The van der Waals surface area contributed by atoms with Crippen LogP contribution in [0.3, 0.4) is 0 Å². The molecule has 1 aromatic rings. The van der Waals surface area contributed by atoms with Crippen LogP contribution in [0.15, 0.2) is 18.2 Å². The van der Waals surface area contributed by atoms with Gasteiger partial charge in [-0.25, -0.2) is 0 Å². The number of para-hydroxylation sites is 1. The lowest BCUT2D eigenvalue weighted by Gasteiger charge is -2.38. The topological polar surface area (TPSA) is 35.5 Å². The van der Waals surface area contributed by atoms with Gasteiger partial charge in [0.2, 0.25) is 0 Å². The molecular weight excluding hydrogens is 212 g/mol. The monoisotopic (exact) mass is 232 g/mol. The highest BCUT2D eigenvalue weighted by Crippen LogP contribution is 2.30. The lowest BCUT2D eigenvalue weighted by Crippen LogP contribution is -2.44. The largest absolute Gasteiger partial charge is 0.393 e. The maximum absolute atomic E-state index is 9.35. The highest BCUT2D eigenvalue weighted by Gasteiger charge is 2.30. The van der Waals surface area contributed by atoms with E-state index in [-0.39, 0.29) is 6.10 Å². The summed E-state index contributed by atoms with van der Waals surface area (Å²) in [6.45, 7) is 2.05. The molecule has 3 nitrogen and oxygen atoms in total. The summed E-state index contributed by atoms with van der Waals surface area (Å²) in [7, 11) is 2.16. The van der Waals surface area contributed by atoms with Gasteiger partial charge in [0.1, 0.15) is 0 Å². The summed E-state index contributed by atoms with van der Waals surface area (Å²) in [5.41, 5.74) is 4.19. The van der Waals surface area contributed by atoms with E-state index in [0.29, 0.717) is 6.04 Å². The first-order valence-electron chi connectivity index (χ1n) is 6.47. The van der Waals surface area contributed by atoms with Crippen molar-refractivity contribution in [2.45, 2.75) is 38.0 Å². The van der Waals surface area contributed by atoms with Crippen LogP contribution in [0.4, 0.5) is 5.69 Å². The molecule has 0 amide bonds. The molecule has 0 spiro atoms. The Hall–Kier alpha value is -1.06. The van der Waals surface area contributed by atoms with Gasteiger partial charge >= 0.3 is 0 Å². The number of anilines is 1. The van der Waals surface area contributed by atoms with Gasteiger partial charge < -0.3 is 10.4 Å². The van der Waals surface area contributed by atoms with Crippen molar-refractivity contribution < 1.29 is 5.11 Å². The Morgan fingerprint density at radius 1 is 1.41 bits per heavy atom. The van der Waals surface area contributed by atoms with Crippen LogP contribution in [-0.4, -0.2) is 35.7 Å². The van der Waals surface area contributed by atoms with Crippen LogP contribution in [0.5, 0.6) is 0 Å². The maximum Gasteiger partial charge on any atom is 0.0570 e. The third-order valence-electron chi connectivity index (χ3n) is 4.06. The summed E-state index contributed by atoms with van der Waals surface area (Å²) in [5.74, 6) is 0. The average molecular weight is 232 g/mol. The molecule has 1 fully saturated rings. The molecule has 1 aliphatic heterocycles. The molecule has 0 saturated heterocycles. The molecule has 0 unspecified atom stereocenters. The Morgan fingerprint density at radius 3 is 3.00 bits per heavy atom. The fourth-order valence-electron chi connectivity index (χ4n) is 2.86. The minimum absolute atomic E-state index is 0.0675. The number of aliphatic hydroxyl groups excluding tert-OH is 1. The molecule has 1 heterocycles. The zero-order valence-corrected chi connectivity index (χ0v) is 10.3. The van der Waals surface area contributed by atoms with Crippen LogP contribution >= 0.6 is 0 Å². The third kappa shape index (κ3) is 2.05. The van der Waals surface area contributed by atoms with Crippen LogP contribution in [0.1, 0.15) is 24.0 Å². The number of nitrogens with zero attached hydrogens (tertiary/aromatic N) is 1. The number of aliphatic hydroxyl groups is 1. The number of hydrogen-bond donors (Lipinski definition) is 2. The van der Waals surface area contributed by atoms with Gasteiger partial charge in [-0.3, -0.25) is 4.90 Å². The Bertz CT molecular complexity index is 413. The predicted molar refractivity (Wildman–Crippen MR) is 69.1 cm³/mol. The summed E-state index contributed by atoms with van der Waals surface area (Å²) in [6, 6.07) is 7.14. The number of fused-ring (bicyclic) bond motifs is 1. The van der Waals surface area contributed by atoms with Gasteiger partial charge in [-0.1, -0.05) is 18.2 Å².